The molecular formula is C18H24N4O2S. The molecule has 3 rings (SSSR count). The summed E-state index contributed by atoms with van der Waals surface area (Å²) in [7, 11) is -3.00. The van der Waals surface area contributed by atoms with Crippen molar-refractivity contribution in [2.24, 2.45) is 0 Å². The summed E-state index contributed by atoms with van der Waals surface area (Å²) in [6.07, 6.45) is 7.10. The van der Waals surface area contributed by atoms with E-state index in [0.717, 1.165) is 42.9 Å². The number of anilines is 1. The van der Waals surface area contributed by atoms with E-state index in [9.17, 15) is 8.42 Å². The predicted molar refractivity (Wildman–Crippen MR) is 99.2 cm³/mol. The molecule has 6 nitrogen and oxygen atoms in total. The molecule has 2 unspecified atom stereocenters. The Labute approximate surface area is 149 Å². The predicted octanol–water partition coefficient (Wildman–Crippen LogP) is 2.87. The standard InChI is InChI=1S/C18H24N4O2S/c1-3-13-12-17(22-18(21-13)16-9-4-5-10-19-16)20-14-7-6-8-15(11-14)25(2,23)24/h4-5,9-10,12,14-15H,3,6-8,11H2,1-2H3,(H,20,21,22). The van der Waals surface area contributed by atoms with Crippen molar-refractivity contribution in [3.63, 3.8) is 0 Å². The van der Waals surface area contributed by atoms with Crippen LogP contribution < -0.4 is 5.32 Å². The number of nitrogens with zero attached hydrogens (tertiary/aromatic N) is 3. The van der Waals surface area contributed by atoms with Crippen LogP contribution in [0.3, 0.4) is 0 Å². The Bertz CT molecular complexity index is 824. The van der Waals surface area contributed by atoms with Gasteiger partial charge >= 0.3 is 0 Å². The van der Waals surface area contributed by atoms with Crippen LogP contribution in [0.4, 0.5) is 5.82 Å². The molecule has 0 radical (unpaired) electrons. The first-order valence-electron chi connectivity index (χ1n) is 8.70. The first kappa shape index (κ1) is 17.8. The third-order valence-electron chi connectivity index (χ3n) is 4.62. The van der Waals surface area contributed by atoms with E-state index < -0.39 is 9.84 Å². The van der Waals surface area contributed by atoms with Crippen molar-refractivity contribution in [3.05, 3.63) is 36.2 Å². The van der Waals surface area contributed by atoms with Gasteiger partial charge in [-0.3, -0.25) is 4.98 Å². The second-order valence-corrected chi connectivity index (χ2v) is 8.92. The number of rotatable bonds is 5. The third kappa shape index (κ3) is 4.54. The fraction of sp³-hybridized carbons (Fsp3) is 0.500. The molecule has 1 N–H and O–H groups in total. The number of aromatic nitrogens is 3. The lowest BCUT2D eigenvalue weighted by molar-refractivity contribution is 0.452. The van der Waals surface area contributed by atoms with Crippen molar-refractivity contribution in [1.29, 1.82) is 0 Å². The Morgan fingerprint density at radius 3 is 2.76 bits per heavy atom. The van der Waals surface area contributed by atoms with Gasteiger partial charge in [-0.05, 0) is 37.8 Å². The zero-order valence-electron chi connectivity index (χ0n) is 14.6. The second-order valence-electron chi connectivity index (χ2n) is 6.60. The SMILES string of the molecule is CCc1cc(NC2CCCC(S(C)(=O)=O)C2)nc(-c2ccccn2)n1. The van der Waals surface area contributed by atoms with Crippen LogP contribution in [-0.2, 0) is 16.3 Å². The van der Waals surface area contributed by atoms with Gasteiger partial charge in [0.25, 0.3) is 0 Å². The molecule has 1 aliphatic rings. The van der Waals surface area contributed by atoms with E-state index in [-0.39, 0.29) is 11.3 Å². The van der Waals surface area contributed by atoms with Gasteiger partial charge in [0.2, 0.25) is 0 Å². The zero-order valence-corrected chi connectivity index (χ0v) is 15.5. The van der Waals surface area contributed by atoms with Gasteiger partial charge in [0.15, 0.2) is 5.82 Å². The van der Waals surface area contributed by atoms with E-state index in [0.29, 0.717) is 12.2 Å². The number of hydrogen-bond acceptors (Lipinski definition) is 6. The molecule has 0 bridgehead atoms. The van der Waals surface area contributed by atoms with E-state index in [4.69, 9.17) is 0 Å². The molecule has 0 saturated heterocycles. The van der Waals surface area contributed by atoms with Gasteiger partial charge < -0.3 is 5.32 Å². The van der Waals surface area contributed by atoms with E-state index in [1.54, 1.807) is 6.20 Å². The maximum Gasteiger partial charge on any atom is 0.180 e. The smallest absolute Gasteiger partial charge is 0.180 e. The summed E-state index contributed by atoms with van der Waals surface area (Å²) in [6.45, 7) is 2.05. The molecule has 2 aromatic rings. The van der Waals surface area contributed by atoms with Crippen LogP contribution in [-0.4, -0.2) is 40.9 Å². The average Bonchev–Trinajstić information content (AvgIpc) is 2.61. The molecule has 2 aromatic heterocycles. The minimum Gasteiger partial charge on any atom is -0.367 e. The molecule has 1 saturated carbocycles. The molecule has 2 heterocycles. The molecule has 1 fully saturated rings. The van der Waals surface area contributed by atoms with Crippen molar-refractivity contribution in [1.82, 2.24) is 15.0 Å². The lowest BCUT2D eigenvalue weighted by Gasteiger charge is -2.29. The topological polar surface area (TPSA) is 84.8 Å². The molecule has 0 spiro atoms. The molecule has 0 amide bonds. The van der Waals surface area contributed by atoms with E-state index in [1.807, 2.05) is 24.3 Å². The Hall–Kier alpha value is -2.02. The fourth-order valence-electron chi connectivity index (χ4n) is 3.24. The van der Waals surface area contributed by atoms with Crippen LogP contribution in [0.5, 0.6) is 0 Å². The van der Waals surface area contributed by atoms with E-state index in [2.05, 4.69) is 27.2 Å². The largest absolute Gasteiger partial charge is 0.367 e. The first-order chi connectivity index (χ1) is 12.0. The van der Waals surface area contributed by atoms with Gasteiger partial charge in [-0.1, -0.05) is 19.4 Å². The summed E-state index contributed by atoms with van der Waals surface area (Å²) in [5.74, 6) is 1.34. The molecule has 0 aliphatic heterocycles. The summed E-state index contributed by atoms with van der Waals surface area (Å²) in [6, 6.07) is 7.72. The highest BCUT2D eigenvalue weighted by atomic mass is 32.2. The highest BCUT2D eigenvalue weighted by Crippen LogP contribution is 2.26. The second kappa shape index (κ2) is 7.47. The highest BCUT2D eigenvalue weighted by Gasteiger charge is 2.29. The minimum atomic E-state index is -3.00. The summed E-state index contributed by atoms with van der Waals surface area (Å²) in [4.78, 5) is 13.5. The van der Waals surface area contributed by atoms with Gasteiger partial charge in [-0.15, -0.1) is 0 Å². The highest BCUT2D eigenvalue weighted by molar-refractivity contribution is 7.91. The number of pyridine rings is 1. The van der Waals surface area contributed by atoms with Crippen LogP contribution >= 0.6 is 0 Å². The van der Waals surface area contributed by atoms with Gasteiger partial charge in [0, 0.05) is 30.3 Å². The van der Waals surface area contributed by atoms with Crippen molar-refractivity contribution >= 4 is 15.7 Å². The van der Waals surface area contributed by atoms with E-state index in [1.165, 1.54) is 6.26 Å². The monoisotopic (exact) mass is 360 g/mol. The van der Waals surface area contributed by atoms with Gasteiger partial charge in [-0.25, -0.2) is 18.4 Å². The van der Waals surface area contributed by atoms with Crippen molar-refractivity contribution in [3.8, 4) is 11.5 Å². The van der Waals surface area contributed by atoms with Crippen molar-refractivity contribution in [2.75, 3.05) is 11.6 Å². The number of aryl methyl sites for hydroxylation is 1. The Morgan fingerprint density at radius 2 is 2.08 bits per heavy atom. The van der Waals surface area contributed by atoms with Gasteiger partial charge in [0.1, 0.15) is 21.3 Å². The molecule has 25 heavy (non-hydrogen) atoms. The molecule has 7 heteroatoms. The first-order valence-corrected chi connectivity index (χ1v) is 10.7. The molecule has 2 atom stereocenters. The summed E-state index contributed by atoms with van der Waals surface area (Å²) < 4.78 is 23.7. The minimum absolute atomic E-state index is 0.115. The summed E-state index contributed by atoms with van der Waals surface area (Å²) in [5, 5.41) is 3.16. The maximum atomic E-state index is 11.9. The quantitative estimate of drug-likeness (QED) is 0.882. The molecule has 134 valence electrons. The summed E-state index contributed by atoms with van der Waals surface area (Å²) in [5.41, 5.74) is 1.67. The fourth-order valence-corrected chi connectivity index (χ4v) is 4.41. The number of sulfone groups is 1. The Balaban J connectivity index is 1.82. The van der Waals surface area contributed by atoms with Crippen molar-refractivity contribution in [2.45, 2.75) is 50.3 Å². The van der Waals surface area contributed by atoms with Gasteiger partial charge in [-0.2, -0.15) is 0 Å². The number of nitrogens with one attached hydrogen (secondary N) is 1. The third-order valence-corrected chi connectivity index (χ3v) is 6.26. The lowest BCUT2D eigenvalue weighted by atomic mass is 9.95. The maximum absolute atomic E-state index is 11.9. The normalized spacial score (nSPS) is 21.0. The van der Waals surface area contributed by atoms with Crippen LogP contribution in [0, 0.1) is 0 Å². The van der Waals surface area contributed by atoms with Gasteiger partial charge in [0.05, 0.1) is 5.25 Å². The Morgan fingerprint density at radius 1 is 1.24 bits per heavy atom. The zero-order chi connectivity index (χ0) is 17.9. The van der Waals surface area contributed by atoms with Crippen LogP contribution in [0.25, 0.3) is 11.5 Å². The van der Waals surface area contributed by atoms with Crippen LogP contribution in [0.15, 0.2) is 30.5 Å². The van der Waals surface area contributed by atoms with Crippen LogP contribution in [0.1, 0.15) is 38.3 Å². The molecule has 0 aromatic carbocycles. The average molecular weight is 360 g/mol. The Kier molecular flexibility index (Phi) is 5.32. The van der Waals surface area contributed by atoms with E-state index >= 15 is 0 Å². The molecule has 1 aliphatic carbocycles. The summed E-state index contributed by atoms with van der Waals surface area (Å²) >= 11 is 0. The van der Waals surface area contributed by atoms with Crippen LogP contribution in [0.2, 0.25) is 0 Å². The lowest BCUT2D eigenvalue weighted by Crippen LogP contribution is -2.34. The number of hydrogen-bond donors (Lipinski definition) is 1. The van der Waals surface area contributed by atoms with Crippen molar-refractivity contribution < 1.29 is 8.42 Å². The molecular weight excluding hydrogens is 336 g/mol.